The summed E-state index contributed by atoms with van der Waals surface area (Å²) in [5.74, 6) is -0.745. The highest BCUT2D eigenvalue weighted by atomic mass is 32.2. The fraction of sp³-hybridized carbons (Fsp3) is 0.550. The van der Waals surface area contributed by atoms with Gasteiger partial charge in [-0.2, -0.15) is 9.41 Å². The van der Waals surface area contributed by atoms with Gasteiger partial charge in [-0.15, -0.1) is 0 Å². The molecule has 3 heterocycles. The van der Waals surface area contributed by atoms with Crippen LogP contribution in [0, 0.1) is 6.92 Å². The van der Waals surface area contributed by atoms with Crippen LogP contribution in [0.2, 0.25) is 0 Å². The second-order valence-electron chi connectivity index (χ2n) is 8.35. The number of nitrogens with zero attached hydrogens (tertiary/aromatic N) is 4. The predicted molar refractivity (Wildman–Crippen MR) is 117 cm³/mol. The van der Waals surface area contributed by atoms with Crippen molar-refractivity contribution in [2.75, 3.05) is 37.7 Å². The van der Waals surface area contributed by atoms with Crippen LogP contribution in [0.5, 0.6) is 0 Å². The van der Waals surface area contributed by atoms with Gasteiger partial charge >= 0.3 is 0 Å². The molecule has 3 aliphatic heterocycles. The third-order valence-electron chi connectivity index (χ3n) is 6.05. The Morgan fingerprint density at radius 1 is 1.06 bits per heavy atom. The molecule has 2 fully saturated rings. The zero-order valence-electron chi connectivity index (χ0n) is 17.8. The van der Waals surface area contributed by atoms with Crippen molar-refractivity contribution < 1.29 is 26.4 Å². The highest BCUT2D eigenvalue weighted by molar-refractivity contribution is 7.91. The monoisotopic (exact) mass is 482 g/mol. The molecule has 4 rings (SSSR count). The average molecular weight is 483 g/mol. The number of benzene rings is 1. The number of carbonyl (C=O) groups is 2. The number of aryl methyl sites for hydroxylation is 1. The molecule has 12 heteroatoms. The van der Waals surface area contributed by atoms with Crippen LogP contribution in [0.4, 0.5) is 0 Å². The fourth-order valence-electron chi connectivity index (χ4n) is 4.15. The third kappa shape index (κ3) is 4.57. The maximum atomic E-state index is 13.0. The maximum absolute atomic E-state index is 13.0. The van der Waals surface area contributed by atoms with E-state index in [-0.39, 0.29) is 72.9 Å². The van der Waals surface area contributed by atoms with Crippen molar-refractivity contribution in [1.29, 1.82) is 0 Å². The lowest BCUT2D eigenvalue weighted by atomic mass is 10.1. The molecule has 0 aliphatic carbocycles. The molecule has 10 nitrogen and oxygen atoms in total. The van der Waals surface area contributed by atoms with Crippen molar-refractivity contribution in [2.45, 2.75) is 37.1 Å². The van der Waals surface area contributed by atoms with E-state index < -0.39 is 25.9 Å². The number of piperazine rings is 1. The molecule has 0 aromatic heterocycles. The van der Waals surface area contributed by atoms with Gasteiger partial charge in [0.15, 0.2) is 9.84 Å². The van der Waals surface area contributed by atoms with E-state index in [4.69, 9.17) is 0 Å². The Morgan fingerprint density at radius 3 is 2.31 bits per heavy atom. The van der Waals surface area contributed by atoms with Crippen molar-refractivity contribution in [3.05, 3.63) is 29.8 Å². The molecule has 0 spiro atoms. The standard InChI is InChI=1S/C20H26N4O6S2/c1-15-2-4-17(5-3-15)32(29,30)23-11-9-22(10-12-23)20(26)18-6-7-19(25)24(21-18)16-8-13-31(27,28)14-16/h2-5,16H,6-14H2,1H3/t16-/m0/s1. The topological polar surface area (TPSA) is 124 Å². The summed E-state index contributed by atoms with van der Waals surface area (Å²) in [5, 5.41) is 5.39. The lowest BCUT2D eigenvalue weighted by Crippen LogP contribution is -2.53. The van der Waals surface area contributed by atoms with Crippen LogP contribution in [0.25, 0.3) is 0 Å². The largest absolute Gasteiger partial charge is 0.335 e. The van der Waals surface area contributed by atoms with E-state index in [0.29, 0.717) is 6.42 Å². The van der Waals surface area contributed by atoms with Gasteiger partial charge < -0.3 is 4.90 Å². The van der Waals surface area contributed by atoms with Gasteiger partial charge in [-0.25, -0.2) is 21.8 Å². The SMILES string of the molecule is Cc1ccc(S(=O)(=O)N2CCN(C(=O)C3=NN([C@H]4CCS(=O)(=O)C4)C(=O)CC3)CC2)cc1. The minimum Gasteiger partial charge on any atom is -0.335 e. The molecular formula is C20H26N4O6S2. The number of amides is 2. The molecule has 1 atom stereocenters. The van der Waals surface area contributed by atoms with Crippen molar-refractivity contribution in [3.8, 4) is 0 Å². The molecular weight excluding hydrogens is 456 g/mol. The summed E-state index contributed by atoms with van der Waals surface area (Å²) in [5.41, 5.74) is 1.18. The van der Waals surface area contributed by atoms with Crippen molar-refractivity contribution in [2.24, 2.45) is 5.10 Å². The first-order valence-electron chi connectivity index (χ1n) is 10.5. The zero-order valence-corrected chi connectivity index (χ0v) is 19.4. The molecule has 3 aliphatic rings. The highest BCUT2D eigenvalue weighted by Gasteiger charge is 2.38. The number of sulfonamides is 1. The molecule has 32 heavy (non-hydrogen) atoms. The number of hydrogen-bond donors (Lipinski definition) is 0. The van der Waals surface area contributed by atoms with Crippen LogP contribution in [-0.2, 0) is 29.4 Å². The molecule has 2 saturated heterocycles. The molecule has 1 aromatic rings. The first kappa shape index (κ1) is 22.9. The summed E-state index contributed by atoms with van der Waals surface area (Å²) in [7, 11) is -6.83. The summed E-state index contributed by atoms with van der Waals surface area (Å²) in [6.45, 7) is 2.65. The van der Waals surface area contributed by atoms with Gasteiger partial charge in [-0.3, -0.25) is 9.59 Å². The quantitative estimate of drug-likeness (QED) is 0.595. The van der Waals surface area contributed by atoms with Gasteiger partial charge in [0.2, 0.25) is 15.9 Å². The minimum atomic E-state index is -3.64. The summed E-state index contributed by atoms with van der Waals surface area (Å²) in [6, 6.07) is 6.11. The van der Waals surface area contributed by atoms with Crippen molar-refractivity contribution in [1.82, 2.24) is 14.2 Å². The number of carbonyl (C=O) groups excluding carboxylic acids is 2. The van der Waals surface area contributed by atoms with E-state index in [1.807, 2.05) is 6.92 Å². The summed E-state index contributed by atoms with van der Waals surface area (Å²) in [4.78, 5) is 27.0. The second kappa shape index (κ2) is 8.56. The third-order valence-corrected chi connectivity index (χ3v) is 9.71. The fourth-order valence-corrected chi connectivity index (χ4v) is 7.27. The van der Waals surface area contributed by atoms with Gasteiger partial charge in [-0.05, 0) is 25.5 Å². The number of rotatable bonds is 4. The molecule has 0 N–H and O–H groups in total. The maximum Gasteiger partial charge on any atom is 0.270 e. The smallest absolute Gasteiger partial charge is 0.270 e. The lowest BCUT2D eigenvalue weighted by molar-refractivity contribution is -0.134. The molecule has 0 unspecified atom stereocenters. The van der Waals surface area contributed by atoms with E-state index >= 15 is 0 Å². The van der Waals surface area contributed by atoms with Crippen molar-refractivity contribution in [3.63, 3.8) is 0 Å². The van der Waals surface area contributed by atoms with Gasteiger partial charge in [0.25, 0.3) is 5.91 Å². The van der Waals surface area contributed by atoms with Crippen molar-refractivity contribution >= 4 is 37.4 Å². The first-order valence-corrected chi connectivity index (χ1v) is 13.8. The Hall–Kier alpha value is -2.31. The van der Waals surface area contributed by atoms with Crippen LogP contribution < -0.4 is 0 Å². The van der Waals surface area contributed by atoms with E-state index in [1.54, 1.807) is 29.2 Å². The van der Waals surface area contributed by atoms with Gasteiger partial charge in [0, 0.05) is 39.0 Å². The van der Waals surface area contributed by atoms with Crippen LogP contribution in [-0.4, -0.2) is 92.3 Å². The Balaban J connectivity index is 1.42. The van der Waals surface area contributed by atoms with Crippen LogP contribution >= 0.6 is 0 Å². The summed E-state index contributed by atoms with van der Waals surface area (Å²) in [6.07, 6.45) is 0.604. The Labute approximate surface area is 187 Å². The van der Waals surface area contributed by atoms with Crippen LogP contribution in [0.15, 0.2) is 34.3 Å². The average Bonchev–Trinajstić information content (AvgIpc) is 3.13. The second-order valence-corrected chi connectivity index (χ2v) is 12.5. The van der Waals surface area contributed by atoms with Gasteiger partial charge in [-0.1, -0.05) is 17.7 Å². The van der Waals surface area contributed by atoms with Gasteiger partial charge in [0.1, 0.15) is 5.71 Å². The first-order chi connectivity index (χ1) is 15.1. The van der Waals surface area contributed by atoms with E-state index in [1.165, 1.54) is 9.31 Å². The highest BCUT2D eigenvalue weighted by Crippen LogP contribution is 2.23. The summed E-state index contributed by atoms with van der Waals surface area (Å²) < 4.78 is 50.6. The number of sulfone groups is 1. The Kier molecular flexibility index (Phi) is 6.12. The van der Waals surface area contributed by atoms with Crippen LogP contribution in [0.1, 0.15) is 24.8 Å². The molecule has 0 bridgehead atoms. The lowest BCUT2D eigenvalue weighted by Gasteiger charge is -2.35. The van der Waals surface area contributed by atoms with Gasteiger partial charge in [0.05, 0.1) is 22.4 Å². The van der Waals surface area contributed by atoms with E-state index in [0.717, 1.165) is 5.56 Å². The predicted octanol–water partition coefficient (Wildman–Crippen LogP) is -0.00658. The molecule has 0 radical (unpaired) electrons. The summed E-state index contributed by atoms with van der Waals surface area (Å²) >= 11 is 0. The zero-order chi connectivity index (χ0) is 23.1. The molecule has 174 valence electrons. The minimum absolute atomic E-state index is 0.0116. The number of hydrogen-bond acceptors (Lipinski definition) is 7. The van der Waals surface area contributed by atoms with E-state index in [2.05, 4.69) is 5.10 Å². The Bertz CT molecular complexity index is 1150. The Morgan fingerprint density at radius 2 is 1.72 bits per heavy atom. The molecule has 1 aromatic carbocycles. The molecule has 2 amide bonds. The van der Waals surface area contributed by atoms with Crippen LogP contribution in [0.3, 0.4) is 0 Å². The molecule has 0 saturated carbocycles. The normalized spacial score (nSPS) is 24.5. The number of hydrazone groups is 1. The van der Waals surface area contributed by atoms with E-state index in [9.17, 15) is 26.4 Å².